The molecule has 0 saturated heterocycles. The van der Waals surface area contributed by atoms with E-state index in [9.17, 15) is 9.59 Å². The molecular formula is C25H26N4O3. The third-order valence-corrected chi connectivity index (χ3v) is 6.45. The number of carbonyl (C=O) groups excluding carboxylic acids is 2. The number of benzene rings is 1. The molecular weight excluding hydrogens is 404 g/mol. The van der Waals surface area contributed by atoms with Crippen LogP contribution in [0.1, 0.15) is 58.8 Å². The van der Waals surface area contributed by atoms with Gasteiger partial charge in [-0.15, -0.1) is 0 Å². The molecule has 164 valence electrons. The number of hydrogen-bond donors (Lipinski definition) is 2. The summed E-state index contributed by atoms with van der Waals surface area (Å²) in [6, 6.07) is 13.6. The number of rotatable bonds is 4. The lowest BCUT2D eigenvalue weighted by atomic mass is 9.81. The molecule has 2 aromatic heterocycles. The van der Waals surface area contributed by atoms with Crippen molar-refractivity contribution in [2.24, 2.45) is 0 Å². The van der Waals surface area contributed by atoms with Gasteiger partial charge < -0.3 is 20.0 Å². The Morgan fingerprint density at radius 2 is 1.75 bits per heavy atom. The van der Waals surface area contributed by atoms with Gasteiger partial charge in [-0.05, 0) is 78.6 Å². The molecule has 0 radical (unpaired) electrons. The van der Waals surface area contributed by atoms with E-state index in [0.29, 0.717) is 24.8 Å². The number of carbonyl (C=O) groups is 2. The SMILES string of the molecule is O=C(NC1CCC(c2ccc(NC(=O)N3Cc4ccncc4C3)cc2)CC1)c1ccco1. The summed E-state index contributed by atoms with van der Waals surface area (Å²) in [5.74, 6) is 0.687. The molecule has 7 heteroatoms. The highest BCUT2D eigenvalue weighted by molar-refractivity contribution is 5.91. The number of fused-ring (bicyclic) bond motifs is 1. The van der Waals surface area contributed by atoms with Gasteiger partial charge in [-0.1, -0.05) is 12.1 Å². The zero-order valence-corrected chi connectivity index (χ0v) is 17.8. The largest absolute Gasteiger partial charge is 0.459 e. The maximum absolute atomic E-state index is 12.6. The molecule has 3 amide bonds. The molecule has 2 aliphatic rings. The second-order valence-corrected chi connectivity index (χ2v) is 8.55. The number of hydrogen-bond acceptors (Lipinski definition) is 4. The molecule has 3 aromatic rings. The minimum absolute atomic E-state index is 0.0956. The first-order valence-corrected chi connectivity index (χ1v) is 11.1. The first-order chi connectivity index (χ1) is 15.7. The fourth-order valence-corrected chi connectivity index (χ4v) is 4.64. The average Bonchev–Trinajstić information content (AvgIpc) is 3.50. The third-order valence-electron chi connectivity index (χ3n) is 6.45. The van der Waals surface area contributed by atoms with E-state index in [2.05, 4.69) is 27.8 Å². The van der Waals surface area contributed by atoms with Crippen molar-refractivity contribution in [3.8, 4) is 0 Å². The Balaban J connectivity index is 1.11. The van der Waals surface area contributed by atoms with Crippen LogP contribution in [0.15, 0.2) is 65.5 Å². The van der Waals surface area contributed by atoms with Crippen LogP contribution in [-0.2, 0) is 13.1 Å². The van der Waals surface area contributed by atoms with Crippen LogP contribution in [0.5, 0.6) is 0 Å². The summed E-state index contributed by atoms with van der Waals surface area (Å²) in [7, 11) is 0. The van der Waals surface area contributed by atoms with Crippen LogP contribution in [0, 0.1) is 0 Å². The number of urea groups is 1. The minimum atomic E-state index is -0.143. The summed E-state index contributed by atoms with van der Waals surface area (Å²) in [4.78, 5) is 30.7. The standard InChI is InChI=1S/C25H26N4O3/c30-24(23-2-1-13-32-23)27-21-7-3-17(4-8-21)18-5-9-22(10-6-18)28-25(31)29-15-19-11-12-26-14-20(19)16-29/h1-2,5-6,9-14,17,21H,3-4,7-8,15-16H2,(H,27,30)(H,28,31). The maximum Gasteiger partial charge on any atom is 0.322 e. The molecule has 0 spiro atoms. The molecule has 1 aliphatic heterocycles. The molecule has 1 aromatic carbocycles. The summed E-state index contributed by atoms with van der Waals surface area (Å²) < 4.78 is 5.17. The second kappa shape index (κ2) is 8.86. The lowest BCUT2D eigenvalue weighted by Crippen LogP contribution is -2.37. The smallest absolute Gasteiger partial charge is 0.322 e. The van der Waals surface area contributed by atoms with Crippen molar-refractivity contribution in [2.45, 2.75) is 50.7 Å². The molecule has 5 rings (SSSR count). The van der Waals surface area contributed by atoms with Crippen molar-refractivity contribution in [1.82, 2.24) is 15.2 Å². The van der Waals surface area contributed by atoms with E-state index in [1.807, 2.05) is 24.4 Å². The van der Waals surface area contributed by atoms with Gasteiger partial charge in [0.05, 0.1) is 6.26 Å². The van der Waals surface area contributed by atoms with E-state index in [1.165, 1.54) is 11.8 Å². The van der Waals surface area contributed by atoms with E-state index in [0.717, 1.165) is 42.5 Å². The summed E-state index contributed by atoms with van der Waals surface area (Å²) >= 11 is 0. The van der Waals surface area contributed by atoms with Gasteiger partial charge in [-0.25, -0.2) is 4.79 Å². The Hall–Kier alpha value is -3.61. The molecule has 1 aliphatic carbocycles. The van der Waals surface area contributed by atoms with E-state index in [-0.39, 0.29) is 18.0 Å². The van der Waals surface area contributed by atoms with Gasteiger partial charge in [-0.3, -0.25) is 9.78 Å². The van der Waals surface area contributed by atoms with E-state index in [4.69, 9.17) is 4.42 Å². The Bertz CT molecular complexity index is 1060. The van der Waals surface area contributed by atoms with Crippen LogP contribution in [0.25, 0.3) is 0 Å². The van der Waals surface area contributed by atoms with E-state index in [1.54, 1.807) is 23.2 Å². The van der Waals surface area contributed by atoms with Gasteiger partial charge in [0.2, 0.25) is 0 Å². The first-order valence-electron chi connectivity index (χ1n) is 11.1. The fraction of sp³-hybridized carbons (Fsp3) is 0.320. The van der Waals surface area contributed by atoms with Crippen LogP contribution in [0.4, 0.5) is 10.5 Å². The van der Waals surface area contributed by atoms with Crippen molar-refractivity contribution >= 4 is 17.6 Å². The van der Waals surface area contributed by atoms with Crippen LogP contribution in [0.3, 0.4) is 0 Å². The predicted molar refractivity (Wildman–Crippen MR) is 120 cm³/mol. The molecule has 7 nitrogen and oxygen atoms in total. The highest BCUT2D eigenvalue weighted by Crippen LogP contribution is 2.33. The third kappa shape index (κ3) is 4.37. The van der Waals surface area contributed by atoms with Crippen LogP contribution in [0.2, 0.25) is 0 Å². The van der Waals surface area contributed by atoms with Gasteiger partial charge in [-0.2, -0.15) is 0 Å². The van der Waals surface area contributed by atoms with Crippen molar-refractivity contribution in [3.05, 3.63) is 83.6 Å². The lowest BCUT2D eigenvalue weighted by molar-refractivity contribution is 0.0897. The first kappa shape index (κ1) is 20.3. The Morgan fingerprint density at radius 1 is 0.969 bits per heavy atom. The Labute approximate surface area is 186 Å². The summed E-state index contributed by atoms with van der Waals surface area (Å²) in [5, 5.41) is 6.07. The normalized spacial score (nSPS) is 19.9. The maximum atomic E-state index is 12.6. The molecule has 1 fully saturated rings. The molecule has 1 saturated carbocycles. The Morgan fingerprint density at radius 3 is 2.47 bits per heavy atom. The number of nitrogens with one attached hydrogen (secondary N) is 2. The number of anilines is 1. The topological polar surface area (TPSA) is 87.5 Å². The zero-order chi connectivity index (χ0) is 21.9. The van der Waals surface area contributed by atoms with Crippen molar-refractivity contribution < 1.29 is 14.0 Å². The molecule has 0 atom stereocenters. The van der Waals surface area contributed by atoms with Gasteiger partial charge in [0.15, 0.2) is 5.76 Å². The molecule has 0 unspecified atom stereocenters. The molecule has 2 N–H and O–H groups in total. The monoisotopic (exact) mass is 430 g/mol. The van der Waals surface area contributed by atoms with Crippen molar-refractivity contribution in [1.29, 1.82) is 0 Å². The summed E-state index contributed by atoms with van der Waals surface area (Å²) in [5.41, 5.74) is 4.33. The highest BCUT2D eigenvalue weighted by atomic mass is 16.3. The molecule has 32 heavy (non-hydrogen) atoms. The van der Waals surface area contributed by atoms with Gasteiger partial charge >= 0.3 is 6.03 Å². The number of nitrogens with zero attached hydrogens (tertiary/aromatic N) is 2. The second-order valence-electron chi connectivity index (χ2n) is 8.55. The molecule has 0 bridgehead atoms. The number of pyridine rings is 1. The van der Waals surface area contributed by atoms with Crippen molar-refractivity contribution in [2.75, 3.05) is 5.32 Å². The van der Waals surface area contributed by atoms with Gasteiger partial charge in [0.25, 0.3) is 5.91 Å². The number of amides is 3. The summed E-state index contributed by atoms with van der Waals surface area (Å²) in [6.07, 6.45) is 9.04. The highest BCUT2D eigenvalue weighted by Gasteiger charge is 2.25. The lowest BCUT2D eigenvalue weighted by Gasteiger charge is -2.29. The average molecular weight is 431 g/mol. The predicted octanol–water partition coefficient (Wildman–Crippen LogP) is 4.68. The van der Waals surface area contributed by atoms with E-state index >= 15 is 0 Å². The number of furan rings is 1. The fourth-order valence-electron chi connectivity index (χ4n) is 4.64. The number of aromatic nitrogens is 1. The van der Waals surface area contributed by atoms with Gasteiger partial charge in [0.1, 0.15) is 0 Å². The van der Waals surface area contributed by atoms with Gasteiger partial charge in [0, 0.05) is 37.2 Å². The zero-order valence-electron chi connectivity index (χ0n) is 17.8. The molecule has 3 heterocycles. The quantitative estimate of drug-likeness (QED) is 0.629. The minimum Gasteiger partial charge on any atom is -0.459 e. The van der Waals surface area contributed by atoms with Crippen LogP contribution in [-0.4, -0.2) is 27.9 Å². The Kier molecular flexibility index (Phi) is 5.62. The van der Waals surface area contributed by atoms with Crippen molar-refractivity contribution in [3.63, 3.8) is 0 Å². The summed E-state index contributed by atoms with van der Waals surface area (Å²) in [6.45, 7) is 1.20. The van der Waals surface area contributed by atoms with Crippen LogP contribution >= 0.6 is 0 Å². The van der Waals surface area contributed by atoms with E-state index < -0.39 is 0 Å². The van der Waals surface area contributed by atoms with Crippen LogP contribution < -0.4 is 10.6 Å².